The largest absolute Gasteiger partial charge is 0.356 e. The van der Waals surface area contributed by atoms with Crippen LogP contribution in [0.15, 0.2) is 0 Å². The van der Waals surface area contributed by atoms with Crippen LogP contribution in [0, 0.1) is 13.8 Å². The standard InChI is InChI=1S/C15H23N5O3/c1-4-20-10(3)11(9(2)19-20)7-8-16-13(21)6-5-12-14(22)18-15(23)17-12/h12H,4-8H2,1-3H3,(H,16,21)(H2,17,18,22,23)/t12-/m0/s1. The van der Waals surface area contributed by atoms with Crippen LogP contribution in [0.5, 0.6) is 0 Å². The van der Waals surface area contributed by atoms with Crippen LogP contribution in [0.1, 0.15) is 36.7 Å². The highest BCUT2D eigenvalue weighted by atomic mass is 16.2. The maximum atomic E-state index is 11.8. The number of urea groups is 1. The highest BCUT2D eigenvalue weighted by Crippen LogP contribution is 2.13. The van der Waals surface area contributed by atoms with E-state index in [1.54, 1.807) is 0 Å². The minimum Gasteiger partial charge on any atom is -0.356 e. The van der Waals surface area contributed by atoms with Crippen molar-refractivity contribution in [2.75, 3.05) is 6.54 Å². The molecule has 1 fully saturated rings. The predicted molar refractivity (Wildman–Crippen MR) is 83.8 cm³/mol. The van der Waals surface area contributed by atoms with Crippen LogP contribution in [-0.4, -0.2) is 40.2 Å². The van der Waals surface area contributed by atoms with Gasteiger partial charge in [-0.2, -0.15) is 5.10 Å². The Morgan fingerprint density at radius 2 is 2.09 bits per heavy atom. The van der Waals surface area contributed by atoms with Gasteiger partial charge in [-0.05, 0) is 39.2 Å². The number of imide groups is 1. The Bertz CT molecular complexity index is 623. The molecule has 0 aromatic carbocycles. The van der Waals surface area contributed by atoms with Gasteiger partial charge in [-0.15, -0.1) is 0 Å². The predicted octanol–water partition coefficient (Wildman–Crippen LogP) is 0.167. The summed E-state index contributed by atoms with van der Waals surface area (Å²) in [5.41, 5.74) is 3.28. The van der Waals surface area contributed by atoms with Crippen molar-refractivity contribution in [3.63, 3.8) is 0 Å². The maximum absolute atomic E-state index is 11.8. The van der Waals surface area contributed by atoms with Gasteiger partial charge in [0.15, 0.2) is 0 Å². The molecule has 0 aliphatic carbocycles. The van der Waals surface area contributed by atoms with E-state index in [1.165, 1.54) is 0 Å². The maximum Gasteiger partial charge on any atom is 0.322 e. The average molecular weight is 321 g/mol. The lowest BCUT2D eigenvalue weighted by atomic mass is 10.1. The molecule has 0 radical (unpaired) electrons. The van der Waals surface area contributed by atoms with Crippen LogP contribution >= 0.6 is 0 Å². The number of carbonyl (C=O) groups is 3. The third kappa shape index (κ3) is 4.08. The number of aryl methyl sites for hydroxylation is 2. The Balaban J connectivity index is 1.74. The molecule has 126 valence electrons. The summed E-state index contributed by atoms with van der Waals surface area (Å²) in [7, 11) is 0. The van der Waals surface area contributed by atoms with Crippen LogP contribution in [-0.2, 0) is 22.6 Å². The Labute approximate surface area is 135 Å². The van der Waals surface area contributed by atoms with Crippen molar-refractivity contribution in [1.29, 1.82) is 0 Å². The Kier molecular flexibility index (Phi) is 5.36. The van der Waals surface area contributed by atoms with Gasteiger partial charge < -0.3 is 10.6 Å². The lowest BCUT2D eigenvalue weighted by molar-refractivity contribution is -0.122. The van der Waals surface area contributed by atoms with Crippen LogP contribution in [0.3, 0.4) is 0 Å². The fraction of sp³-hybridized carbons (Fsp3) is 0.600. The van der Waals surface area contributed by atoms with E-state index in [0.29, 0.717) is 13.0 Å². The average Bonchev–Trinajstić information content (AvgIpc) is 2.97. The number of hydrogen-bond donors (Lipinski definition) is 3. The van der Waals surface area contributed by atoms with E-state index < -0.39 is 12.1 Å². The van der Waals surface area contributed by atoms with Gasteiger partial charge in [-0.25, -0.2) is 4.79 Å². The number of aromatic nitrogens is 2. The summed E-state index contributed by atoms with van der Waals surface area (Å²) in [5.74, 6) is -0.502. The molecule has 8 nitrogen and oxygen atoms in total. The minimum atomic E-state index is -0.611. The molecular weight excluding hydrogens is 298 g/mol. The summed E-state index contributed by atoms with van der Waals surface area (Å²) in [6.07, 6.45) is 1.23. The molecule has 4 amide bonds. The van der Waals surface area contributed by atoms with Crippen molar-refractivity contribution < 1.29 is 14.4 Å². The smallest absolute Gasteiger partial charge is 0.322 e. The highest BCUT2D eigenvalue weighted by molar-refractivity contribution is 6.04. The lowest BCUT2D eigenvalue weighted by Crippen LogP contribution is -2.32. The summed E-state index contributed by atoms with van der Waals surface area (Å²) >= 11 is 0. The lowest BCUT2D eigenvalue weighted by Gasteiger charge is -2.08. The second-order valence-corrected chi connectivity index (χ2v) is 5.62. The first-order valence-corrected chi connectivity index (χ1v) is 7.83. The number of nitrogens with zero attached hydrogens (tertiary/aromatic N) is 2. The summed E-state index contributed by atoms with van der Waals surface area (Å²) < 4.78 is 1.95. The number of nitrogens with one attached hydrogen (secondary N) is 3. The molecule has 0 spiro atoms. The van der Waals surface area contributed by atoms with Crippen LogP contribution in [0.2, 0.25) is 0 Å². The molecule has 23 heavy (non-hydrogen) atoms. The van der Waals surface area contributed by atoms with Crippen LogP contribution < -0.4 is 16.0 Å². The molecule has 2 rings (SSSR count). The monoisotopic (exact) mass is 321 g/mol. The number of rotatable bonds is 7. The zero-order valence-corrected chi connectivity index (χ0v) is 13.7. The molecule has 1 atom stereocenters. The Morgan fingerprint density at radius 3 is 2.65 bits per heavy atom. The molecule has 0 bridgehead atoms. The number of amides is 4. The van der Waals surface area contributed by atoms with Gasteiger partial charge in [0, 0.05) is 25.2 Å². The third-order valence-corrected chi connectivity index (χ3v) is 4.05. The van der Waals surface area contributed by atoms with Gasteiger partial charge in [0.05, 0.1) is 5.69 Å². The van der Waals surface area contributed by atoms with Crippen molar-refractivity contribution in [3.05, 3.63) is 17.0 Å². The molecule has 0 saturated carbocycles. The molecule has 1 saturated heterocycles. The fourth-order valence-corrected chi connectivity index (χ4v) is 2.76. The molecule has 1 aliphatic rings. The van der Waals surface area contributed by atoms with Gasteiger partial charge >= 0.3 is 6.03 Å². The molecule has 8 heteroatoms. The van der Waals surface area contributed by atoms with E-state index in [2.05, 4.69) is 21.0 Å². The molecule has 1 aromatic heterocycles. The summed E-state index contributed by atoms with van der Waals surface area (Å²) in [5, 5.41) is 11.9. The van der Waals surface area contributed by atoms with Crippen molar-refractivity contribution in [2.45, 2.75) is 52.6 Å². The second kappa shape index (κ2) is 7.26. The topological polar surface area (TPSA) is 105 Å². The van der Waals surface area contributed by atoms with Gasteiger partial charge in [0.25, 0.3) is 5.91 Å². The van der Waals surface area contributed by atoms with Crippen LogP contribution in [0.4, 0.5) is 4.79 Å². The van der Waals surface area contributed by atoms with Gasteiger partial charge in [0.2, 0.25) is 5.91 Å². The van der Waals surface area contributed by atoms with E-state index in [9.17, 15) is 14.4 Å². The molecule has 0 unspecified atom stereocenters. The van der Waals surface area contributed by atoms with E-state index in [0.717, 1.165) is 29.9 Å². The Morgan fingerprint density at radius 1 is 1.35 bits per heavy atom. The van der Waals surface area contributed by atoms with Crippen molar-refractivity contribution in [1.82, 2.24) is 25.7 Å². The fourth-order valence-electron chi connectivity index (χ4n) is 2.76. The van der Waals surface area contributed by atoms with E-state index in [4.69, 9.17) is 0 Å². The summed E-state index contributed by atoms with van der Waals surface area (Å²) in [6.45, 7) is 7.40. The first-order valence-electron chi connectivity index (χ1n) is 7.83. The van der Waals surface area contributed by atoms with Crippen LogP contribution in [0.25, 0.3) is 0 Å². The SMILES string of the molecule is CCn1nc(C)c(CCNC(=O)CC[C@@H]2NC(=O)NC2=O)c1C. The molecule has 1 aromatic rings. The second-order valence-electron chi connectivity index (χ2n) is 5.62. The first kappa shape index (κ1) is 17.0. The normalized spacial score (nSPS) is 17.1. The zero-order valence-electron chi connectivity index (χ0n) is 13.7. The molecule has 2 heterocycles. The van der Waals surface area contributed by atoms with Gasteiger partial charge in [-0.3, -0.25) is 19.6 Å². The van der Waals surface area contributed by atoms with Crippen molar-refractivity contribution in [3.8, 4) is 0 Å². The number of hydrogen-bond acceptors (Lipinski definition) is 4. The van der Waals surface area contributed by atoms with E-state index >= 15 is 0 Å². The van der Waals surface area contributed by atoms with Gasteiger partial charge in [0.1, 0.15) is 6.04 Å². The minimum absolute atomic E-state index is 0.128. The summed E-state index contributed by atoms with van der Waals surface area (Å²) in [6, 6.07) is -1.11. The van der Waals surface area contributed by atoms with Crippen molar-refractivity contribution in [2.24, 2.45) is 0 Å². The quantitative estimate of drug-likeness (QED) is 0.622. The van der Waals surface area contributed by atoms with E-state index in [1.807, 2.05) is 25.5 Å². The van der Waals surface area contributed by atoms with Crippen molar-refractivity contribution >= 4 is 17.8 Å². The molecule has 1 aliphatic heterocycles. The van der Waals surface area contributed by atoms with E-state index in [-0.39, 0.29) is 18.2 Å². The molecular formula is C15H23N5O3. The first-order chi connectivity index (χ1) is 10.9. The summed E-state index contributed by atoms with van der Waals surface area (Å²) in [4.78, 5) is 34.2. The Hall–Kier alpha value is -2.38. The third-order valence-electron chi connectivity index (χ3n) is 4.05. The zero-order chi connectivity index (χ0) is 17.0. The molecule has 3 N–H and O–H groups in total. The highest BCUT2D eigenvalue weighted by Gasteiger charge is 2.29. The number of carbonyl (C=O) groups excluding carboxylic acids is 3. The van der Waals surface area contributed by atoms with Gasteiger partial charge in [-0.1, -0.05) is 0 Å².